The molecule has 1 aromatic heterocycles. The van der Waals surface area contributed by atoms with Crippen LogP contribution in [0.1, 0.15) is 37.6 Å². The molecule has 1 unspecified atom stereocenters. The smallest absolute Gasteiger partial charge is 0.0924 e. The maximum absolute atomic E-state index is 5.91. The maximum Gasteiger partial charge on any atom is 0.0924 e. The summed E-state index contributed by atoms with van der Waals surface area (Å²) in [7, 11) is 0. The lowest BCUT2D eigenvalue weighted by atomic mass is 10.1. The summed E-state index contributed by atoms with van der Waals surface area (Å²) in [6, 6.07) is 0.393. The maximum atomic E-state index is 5.91. The summed E-state index contributed by atoms with van der Waals surface area (Å²) in [5, 5.41) is 3.27. The summed E-state index contributed by atoms with van der Waals surface area (Å²) in [5.41, 5.74) is 5.91. The minimum absolute atomic E-state index is 0.393. The summed E-state index contributed by atoms with van der Waals surface area (Å²) in [5.74, 6) is 0. The number of nitrogens with two attached hydrogens (primary N) is 1. The fourth-order valence-corrected chi connectivity index (χ4v) is 2.07. The summed E-state index contributed by atoms with van der Waals surface area (Å²) < 4.78 is 0. The zero-order chi connectivity index (χ0) is 9.52. The minimum atomic E-state index is 0.393. The van der Waals surface area contributed by atoms with Gasteiger partial charge in [0.1, 0.15) is 0 Å². The van der Waals surface area contributed by atoms with Crippen LogP contribution in [0.2, 0.25) is 0 Å². The largest absolute Gasteiger partial charge is 0.328 e. The van der Waals surface area contributed by atoms with E-state index in [2.05, 4.69) is 11.9 Å². The van der Waals surface area contributed by atoms with E-state index in [-0.39, 0.29) is 0 Å². The van der Waals surface area contributed by atoms with Gasteiger partial charge in [-0.25, -0.2) is 4.98 Å². The highest BCUT2D eigenvalue weighted by Crippen LogP contribution is 2.10. The topological polar surface area (TPSA) is 38.9 Å². The van der Waals surface area contributed by atoms with Gasteiger partial charge in [-0.15, -0.1) is 11.3 Å². The van der Waals surface area contributed by atoms with E-state index in [0.717, 1.165) is 19.3 Å². The van der Waals surface area contributed by atoms with Crippen molar-refractivity contribution in [3.8, 4) is 0 Å². The third-order valence-corrected chi connectivity index (χ3v) is 2.95. The molecule has 0 amide bonds. The van der Waals surface area contributed by atoms with Gasteiger partial charge in [0.2, 0.25) is 0 Å². The molecule has 2 nitrogen and oxygen atoms in total. The zero-order valence-electron chi connectivity index (χ0n) is 8.20. The van der Waals surface area contributed by atoms with Crippen molar-refractivity contribution >= 4 is 11.3 Å². The zero-order valence-corrected chi connectivity index (χ0v) is 9.02. The summed E-state index contributed by atoms with van der Waals surface area (Å²) in [6.07, 6.45) is 7.61. The minimum Gasteiger partial charge on any atom is -0.328 e. The molecule has 0 saturated carbocycles. The first-order valence-corrected chi connectivity index (χ1v) is 5.85. The summed E-state index contributed by atoms with van der Waals surface area (Å²) >= 11 is 1.74. The third kappa shape index (κ3) is 4.39. The van der Waals surface area contributed by atoms with Gasteiger partial charge in [0.15, 0.2) is 0 Å². The lowest BCUT2D eigenvalue weighted by Crippen LogP contribution is -2.19. The number of aryl methyl sites for hydroxylation is 1. The molecular formula is C10H18N2S. The molecular weight excluding hydrogens is 180 g/mol. The quantitative estimate of drug-likeness (QED) is 0.763. The molecule has 0 fully saturated rings. The fourth-order valence-electron chi connectivity index (χ4n) is 1.41. The molecule has 0 aliphatic heterocycles. The van der Waals surface area contributed by atoms with Crippen molar-refractivity contribution in [3.05, 3.63) is 16.6 Å². The van der Waals surface area contributed by atoms with Crippen LogP contribution < -0.4 is 5.73 Å². The molecule has 0 saturated heterocycles. The van der Waals surface area contributed by atoms with Crippen LogP contribution in [0.25, 0.3) is 0 Å². The molecule has 0 bridgehead atoms. The number of thiazole rings is 1. The van der Waals surface area contributed by atoms with Gasteiger partial charge in [0, 0.05) is 17.6 Å². The predicted octanol–water partition coefficient (Wildman–Crippen LogP) is 2.59. The average Bonchev–Trinajstić information content (AvgIpc) is 2.57. The van der Waals surface area contributed by atoms with Crippen LogP contribution in [0.3, 0.4) is 0 Å². The van der Waals surface area contributed by atoms with Crippen molar-refractivity contribution in [1.82, 2.24) is 4.98 Å². The molecule has 2 N–H and O–H groups in total. The Labute approximate surface area is 84.2 Å². The van der Waals surface area contributed by atoms with Gasteiger partial charge in [-0.1, -0.05) is 13.3 Å². The van der Waals surface area contributed by atoms with Gasteiger partial charge in [0.25, 0.3) is 0 Å². The molecule has 3 heteroatoms. The van der Waals surface area contributed by atoms with Crippen LogP contribution in [0.4, 0.5) is 0 Å². The molecule has 0 radical (unpaired) electrons. The molecule has 13 heavy (non-hydrogen) atoms. The highest BCUT2D eigenvalue weighted by molar-refractivity contribution is 7.09. The summed E-state index contributed by atoms with van der Waals surface area (Å²) in [6.45, 7) is 2.18. The van der Waals surface area contributed by atoms with Crippen molar-refractivity contribution in [2.45, 2.75) is 45.1 Å². The Morgan fingerprint density at radius 1 is 1.54 bits per heavy atom. The highest BCUT2D eigenvalue weighted by atomic mass is 32.1. The van der Waals surface area contributed by atoms with Gasteiger partial charge < -0.3 is 5.73 Å². The molecule has 0 aliphatic carbocycles. The first kappa shape index (κ1) is 10.7. The van der Waals surface area contributed by atoms with Gasteiger partial charge >= 0.3 is 0 Å². The van der Waals surface area contributed by atoms with E-state index in [1.54, 1.807) is 11.3 Å². The Morgan fingerprint density at radius 3 is 3.00 bits per heavy atom. The van der Waals surface area contributed by atoms with Crippen LogP contribution in [0, 0.1) is 0 Å². The summed E-state index contributed by atoms with van der Waals surface area (Å²) in [4.78, 5) is 4.24. The monoisotopic (exact) mass is 198 g/mol. The Kier molecular flexibility index (Phi) is 5.01. The SMILES string of the molecule is CCCC(N)CCCc1nccs1. The fraction of sp³-hybridized carbons (Fsp3) is 0.700. The Balaban J connectivity index is 2.07. The van der Waals surface area contributed by atoms with Crippen LogP contribution in [0.5, 0.6) is 0 Å². The molecule has 1 rings (SSSR count). The van der Waals surface area contributed by atoms with Gasteiger partial charge in [-0.2, -0.15) is 0 Å². The van der Waals surface area contributed by atoms with E-state index in [1.807, 2.05) is 11.6 Å². The number of nitrogens with zero attached hydrogens (tertiary/aromatic N) is 1. The normalized spacial score (nSPS) is 13.1. The first-order chi connectivity index (χ1) is 6.33. The van der Waals surface area contributed by atoms with Crippen LogP contribution in [0.15, 0.2) is 11.6 Å². The Morgan fingerprint density at radius 2 is 2.38 bits per heavy atom. The molecule has 0 spiro atoms. The molecule has 0 aliphatic rings. The predicted molar refractivity (Wildman–Crippen MR) is 57.9 cm³/mol. The number of hydrogen-bond acceptors (Lipinski definition) is 3. The van der Waals surface area contributed by atoms with E-state index < -0.39 is 0 Å². The van der Waals surface area contributed by atoms with Gasteiger partial charge in [-0.3, -0.25) is 0 Å². The Bertz CT molecular complexity index is 209. The third-order valence-electron chi connectivity index (χ3n) is 2.11. The van der Waals surface area contributed by atoms with Crippen LogP contribution in [-0.4, -0.2) is 11.0 Å². The first-order valence-electron chi connectivity index (χ1n) is 4.97. The molecule has 74 valence electrons. The lowest BCUT2D eigenvalue weighted by Gasteiger charge is -2.08. The van der Waals surface area contributed by atoms with Gasteiger partial charge in [0.05, 0.1) is 5.01 Å². The van der Waals surface area contributed by atoms with Crippen molar-refractivity contribution in [2.75, 3.05) is 0 Å². The van der Waals surface area contributed by atoms with Crippen molar-refractivity contribution in [2.24, 2.45) is 5.73 Å². The second-order valence-electron chi connectivity index (χ2n) is 3.37. The average molecular weight is 198 g/mol. The lowest BCUT2D eigenvalue weighted by molar-refractivity contribution is 0.539. The number of aromatic nitrogens is 1. The van der Waals surface area contributed by atoms with Crippen molar-refractivity contribution in [3.63, 3.8) is 0 Å². The Hall–Kier alpha value is -0.410. The van der Waals surface area contributed by atoms with E-state index in [4.69, 9.17) is 5.73 Å². The van der Waals surface area contributed by atoms with Crippen molar-refractivity contribution in [1.29, 1.82) is 0 Å². The molecule has 0 aromatic carbocycles. The van der Waals surface area contributed by atoms with Crippen LogP contribution in [-0.2, 0) is 6.42 Å². The van der Waals surface area contributed by atoms with Gasteiger partial charge in [-0.05, 0) is 25.7 Å². The van der Waals surface area contributed by atoms with E-state index in [9.17, 15) is 0 Å². The second kappa shape index (κ2) is 6.11. The second-order valence-corrected chi connectivity index (χ2v) is 4.35. The number of hydrogen-bond donors (Lipinski definition) is 1. The van der Waals surface area contributed by atoms with Crippen LogP contribution >= 0.6 is 11.3 Å². The molecule has 1 heterocycles. The van der Waals surface area contributed by atoms with E-state index in [0.29, 0.717) is 6.04 Å². The molecule has 1 aromatic rings. The standard InChI is InChI=1S/C10H18N2S/c1-2-4-9(11)5-3-6-10-12-7-8-13-10/h7-9H,2-6,11H2,1H3. The van der Waals surface area contributed by atoms with E-state index in [1.165, 1.54) is 17.8 Å². The highest BCUT2D eigenvalue weighted by Gasteiger charge is 2.01. The van der Waals surface area contributed by atoms with Crippen molar-refractivity contribution < 1.29 is 0 Å². The molecule has 1 atom stereocenters. The number of rotatable bonds is 6. The van der Waals surface area contributed by atoms with E-state index >= 15 is 0 Å².